The van der Waals surface area contributed by atoms with Gasteiger partial charge < -0.3 is 9.32 Å². The first-order valence-electron chi connectivity index (χ1n) is 19.7. The molecule has 0 aliphatic carbocycles. The second-order valence-corrected chi connectivity index (χ2v) is 17.0. The summed E-state index contributed by atoms with van der Waals surface area (Å²) in [5, 5.41) is 4.64. The Bertz CT molecular complexity index is 2840. The van der Waals surface area contributed by atoms with Crippen molar-refractivity contribution in [3.8, 4) is 33.4 Å². The molecule has 0 aliphatic rings. The Hall–Kier alpha value is -6.38. The molecule has 0 radical (unpaired) electrons. The summed E-state index contributed by atoms with van der Waals surface area (Å²) in [6.45, 7) is 13.9. The molecule has 0 fully saturated rings. The highest BCUT2D eigenvalue weighted by atomic mass is 16.3. The van der Waals surface area contributed by atoms with Gasteiger partial charge in [0.05, 0.1) is 22.4 Å². The molecule has 0 spiro atoms. The van der Waals surface area contributed by atoms with Crippen molar-refractivity contribution in [2.45, 2.75) is 52.4 Å². The zero-order valence-corrected chi connectivity index (χ0v) is 33.1. The van der Waals surface area contributed by atoms with Crippen LogP contribution >= 0.6 is 0 Å². The maximum atomic E-state index is 6.55. The van der Waals surface area contributed by atoms with Crippen LogP contribution < -0.4 is 4.90 Å². The molecule has 274 valence electrons. The molecule has 0 bridgehead atoms. The van der Waals surface area contributed by atoms with E-state index < -0.39 is 0 Å². The monoisotopic (exact) mass is 725 g/mol. The summed E-state index contributed by atoms with van der Waals surface area (Å²) in [4.78, 5) is 2.49. The second kappa shape index (κ2) is 13.7. The number of anilines is 3. The average Bonchev–Trinajstić information content (AvgIpc) is 3.60. The van der Waals surface area contributed by atoms with Gasteiger partial charge in [-0.3, -0.25) is 0 Å². The van der Waals surface area contributed by atoms with Gasteiger partial charge >= 0.3 is 0 Å². The number of rotatable bonds is 6. The van der Waals surface area contributed by atoms with E-state index in [0.717, 1.165) is 44.6 Å². The minimum absolute atomic E-state index is 0.0244. The molecule has 0 aliphatic heterocycles. The van der Waals surface area contributed by atoms with Gasteiger partial charge in [-0.05, 0) is 85.3 Å². The van der Waals surface area contributed by atoms with Gasteiger partial charge in [0.15, 0.2) is 0 Å². The van der Waals surface area contributed by atoms with E-state index in [1.54, 1.807) is 0 Å². The fraction of sp³-hybridized carbons (Fsp3) is 0.148. The van der Waals surface area contributed by atoms with Gasteiger partial charge in [0.25, 0.3) is 0 Å². The summed E-state index contributed by atoms with van der Waals surface area (Å²) < 4.78 is 6.55. The van der Waals surface area contributed by atoms with E-state index in [-0.39, 0.29) is 10.8 Å². The van der Waals surface area contributed by atoms with Crippen molar-refractivity contribution in [2.24, 2.45) is 0 Å². The zero-order valence-electron chi connectivity index (χ0n) is 33.1. The number of furan rings is 1. The van der Waals surface area contributed by atoms with Gasteiger partial charge in [0, 0.05) is 16.5 Å². The van der Waals surface area contributed by atoms with Crippen LogP contribution in [0, 0.1) is 0 Å². The Morgan fingerprint density at radius 2 is 0.893 bits per heavy atom. The standard InChI is InChI=1S/C54H47NO/c1-53(2,3)39-33-38(34-40(35-39)54(4,5)6)41-23-10-13-28-46(41)55(48-30-18-32-50-52(48)45-25-12-15-31-49(45)56-50)47-29-14-11-24-43(47)44-27-17-22-37-21-16-26-42(51(37)44)36-19-8-7-9-20-36/h7-35H,1-6H3. The molecular formula is C54H47NO. The highest BCUT2D eigenvalue weighted by Crippen LogP contribution is 2.50. The summed E-state index contributed by atoms with van der Waals surface area (Å²) in [5.74, 6) is 0. The van der Waals surface area contributed by atoms with Crippen molar-refractivity contribution in [3.63, 3.8) is 0 Å². The molecule has 9 rings (SSSR count). The Labute approximate surface area is 330 Å². The molecule has 0 unspecified atom stereocenters. The van der Waals surface area contributed by atoms with E-state index in [1.807, 2.05) is 6.07 Å². The van der Waals surface area contributed by atoms with Gasteiger partial charge in [-0.2, -0.15) is 0 Å². The van der Waals surface area contributed by atoms with Crippen LogP contribution in [0.25, 0.3) is 66.1 Å². The molecule has 0 atom stereocenters. The minimum Gasteiger partial charge on any atom is -0.456 e. The molecule has 0 saturated heterocycles. The van der Waals surface area contributed by atoms with Crippen molar-refractivity contribution in [1.29, 1.82) is 0 Å². The van der Waals surface area contributed by atoms with Gasteiger partial charge in [0.1, 0.15) is 11.2 Å². The quantitative estimate of drug-likeness (QED) is 0.170. The first-order chi connectivity index (χ1) is 27.1. The number of hydrogen-bond donors (Lipinski definition) is 0. The normalized spacial score (nSPS) is 12.1. The Morgan fingerprint density at radius 1 is 0.375 bits per heavy atom. The molecule has 2 heteroatoms. The lowest BCUT2D eigenvalue weighted by molar-refractivity contribution is 0.569. The number of para-hydroxylation sites is 3. The number of fused-ring (bicyclic) bond motifs is 4. The fourth-order valence-corrected chi connectivity index (χ4v) is 8.21. The molecular weight excluding hydrogens is 679 g/mol. The lowest BCUT2D eigenvalue weighted by Gasteiger charge is -2.31. The Kier molecular flexibility index (Phi) is 8.66. The zero-order chi connectivity index (χ0) is 38.6. The van der Waals surface area contributed by atoms with Gasteiger partial charge in [-0.15, -0.1) is 0 Å². The molecule has 2 nitrogen and oxygen atoms in total. The summed E-state index contributed by atoms with van der Waals surface area (Å²) in [6, 6.07) is 64.0. The van der Waals surface area contributed by atoms with Crippen molar-refractivity contribution in [2.75, 3.05) is 4.90 Å². The smallest absolute Gasteiger partial charge is 0.137 e. The predicted molar refractivity (Wildman–Crippen MR) is 240 cm³/mol. The van der Waals surface area contributed by atoms with Crippen molar-refractivity contribution >= 4 is 49.8 Å². The Morgan fingerprint density at radius 3 is 1.59 bits per heavy atom. The molecule has 0 N–H and O–H groups in total. The van der Waals surface area contributed by atoms with Gasteiger partial charge in [0.2, 0.25) is 0 Å². The molecule has 8 aromatic carbocycles. The topological polar surface area (TPSA) is 16.4 Å². The first-order valence-corrected chi connectivity index (χ1v) is 19.7. The van der Waals surface area contributed by atoms with Crippen LogP contribution in [0.15, 0.2) is 180 Å². The fourth-order valence-electron chi connectivity index (χ4n) is 8.21. The van der Waals surface area contributed by atoms with Crippen molar-refractivity contribution < 1.29 is 4.42 Å². The Balaban J connectivity index is 1.38. The van der Waals surface area contributed by atoms with E-state index in [1.165, 1.54) is 49.7 Å². The molecule has 1 aromatic heterocycles. The maximum Gasteiger partial charge on any atom is 0.137 e. The van der Waals surface area contributed by atoms with Crippen LogP contribution in [0.2, 0.25) is 0 Å². The molecule has 0 amide bonds. The van der Waals surface area contributed by atoms with Crippen LogP contribution in [-0.2, 0) is 10.8 Å². The van der Waals surface area contributed by atoms with Crippen LogP contribution in [0.1, 0.15) is 52.7 Å². The van der Waals surface area contributed by atoms with Crippen molar-refractivity contribution in [3.05, 3.63) is 187 Å². The van der Waals surface area contributed by atoms with E-state index >= 15 is 0 Å². The number of nitrogens with zero attached hydrogens (tertiary/aromatic N) is 1. The molecule has 1 heterocycles. The second-order valence-electron chi connectivity index (χ2n) is 17.0. The van der Waals surface area contributed by atoms with Crippen LogP contribution in [0.3, 0.4) is 0 Å². The maximum absolute atomic E-state index is 6.55. The van der Waals surface area contributed by atoms with E-state index in [4.69, 9.17) is 4.42 Å². The van der Waals surface area contributed by atoms with Crippen molar-refractivity contribution in [1.82, 2.24) is 0 Å². The lowest BCUT2D eigenvalue weighted by atomic mass is 9.78. The number of hydrogen-bond acceptors (Lipinski definition) is 2. The van der Waals surface area contributed by atoms with Gasteiger partial charge in [-0.25, -0.2) is 0 Å². The third kappa shape index (κ3) is 6.26. The highest BCUT2D eigenvalue weighted by molar-refractivity contribution is 6.15. The average molecular weight is 726 g/mol. The van der Waals surface area contributed by atoms with E-state index in [0.29, 0.717) is 0 Å². The summed E-state index contributed by atoms with van der Waals surface area (Å²) in [6.07, 6.45) is 0. The summed E-state index contributed by atoms with van der Waals surface area (Å²) in [7, 11) is 0. The van der Waals surface area contributed by atoms with Crippen LogP contribution in [-0.4, -0.2) is 0 Å². The van der Waals surface area contributed by atoms with Gasteiger partial charge in [-0.1, -0.05) is 187 Å². The van der Waals surface area contributed by atoms with E-state index in [9.17, 15) is 0 Å². The first kappa shape index (κ1) is 35.3. The SMILES string of the molecule is CC(C)(C)c1cc(-c2ccccc2N(c2ccccc2-c2cccc3cccc(-c4ccccc4)c23)c2cccc3oc4ccccc4c23)cc(C(C)(C)C)c1. The third-order valence-electron chi connectivity index (χ3n) is 11.2. The largest absolute Gasteiger partial charge is 0.456 e. The minimum atomic E-state index is -0.0244. The summed E-state index contributed by atoms with van der Waals surface area (Å²) in [5.41, 5.74) is 14.8. The van der Waals surface area contributed by atoms with Crippen LogP contribution in [0.5, 0.6) is 0 Å². The summed E-state index contributed by atoms with van der Waals surface area (Å²) >= 11 is 0. The predicted octanol–water partition coefficient (Wildman–Crippen LogP) is 15.8. The molecule has 0 saturated carbocycles. The molecule has 9 aromatic rings. The van der Waals surface area contributed by atoms with Crippen LogP contribution in [0.4, 0.5) is 17.1 Å². The highest BCUT2D eigenvalue weighted by Gasteiger charge is 2.27. The lowest BCUT2D eigenvalue weighted by Crippen LogP contribution is -2.17. The third-order valence-corrected chi connectivity index (χ3v) is 11.2. The van der Waals surface area contributed by atoms with E-state index in [2.05, 4.69) is 216 Å². The number of benzene rings is 8. The molecule has 56 heavy (non-hydrogen) atoms.